The van der Waals surface area contributed by atoms with E-state index in [0.29, 0.717) is 25.4 Å². The van der Waals surface area contributed by atoms with Crippen LogP contribution in [0.5, 0.6) is 5.75 Å². The summed E-state index contributed by atoms with van der Waals surface area (Å²) in [7, 11) is 0. The molecule has 0 spiro atoms. The van der Waals surface area contributed by atoms with E-state index in [1.165, 1.54) is 0 Å². The number of carbonyl (C=O) groups is 3. The molecule has 2 N–H and O–H groups in total. The molecule has 1 aromatic carbocycles. The number of hydrogen-bond donors (Lipinski definition) is 2. The highest BCUT2D eigenvalue weighted by Gasteiger charge is 2.33. The largest absolute Gasteiger partial charge is 0.491 e. The van der Waals surface area contributed by atoms with E-state index in [1.807, 2.05) is 20.8 Å². The molecular formula is C20H29N3O5. The van der Waals surface area contributed by atoms with E-state index in [2.05, 4.69) is 10.6 Å². The predicted molar refractivity (Wildman–Crippen MR) is 105 cm³/mol. The van der Waals surface area contributed by atoms with E-state index < -0.39 is 12.0 Å². The molecule has 0 bridgehead atoms. The molecule has 1 atom stereocenters. The summed E-state index contributed by atoms with van der Waals surface area (Å²) >= 11 is 0. The van der Waals surface area contributed by atoms with Crippen LogP contribution in [0.1, 0.15) is 33.6 Å². The Morgan fingerprint density at radius 3 is 2.64 bits per heavy atom. The summed E-state index contributed by atoms with van der Waals surface area (Å²) in [6.07, 6.45) is 0.724. The van der Waals surface area contributed by atoms with Gasteiger partial charge in [0.1, 0.15) is 11.8 Å². The van der Waals surface area contributed by atoms with Crippen LogP contribution in [0.4, 0.5) is 5.69 Å². The van der Waals surface area contributed by atoms with Gasteiger partial charge in [0.05, 0.1) is 25.7 Å². The molecule has 8 heteroatoms. The van der Waals surface area contributed by atoms with Crippen LogP contribution in [0.25, 0.3) is 0 Å². The summed E-state index contributed by atoms with van der Waals surface area (Å²) in [6.45, 7) is 7.06. The number of hydrogen-bond acceptors (Lipinski definition) is 6. The van der Waals surface area contributed by atoms with Crippen LogP contribution in [-0.2, 0) is 19.1 Å². The third-order valence-corrected chi connectivity index (χ3v) is 4.13. The number of carbonyl (C=O) groups excluding carboxylic acids is 3. The maximum absolute atomic E-state index is 12.4. The summed E-state index contributed by atoms with van der Waals surface area (Å²) in [4.78, 5) is 38.2. The van der Waals surface area contributed by atoms with Gasteiger partial charge in [0, 0.05) is 18.8 Å². The molecule has 0 aromatic heterocycles. The lowest BCUT2D eigenvalue weighted by molar-refractivity contribution is -0.148. The lowest BCUT2D eigenvalue weighted by atomic mass is 10.1. The molecule has 1 fully saturated rings. The maximum Gasteiger partial charge on any atom is 0.307 e. The zero-order valence-corrected chi connectivity index (χ0v) is 16.7. The van der Waals surface area contributed by atoms with Gasteiger partial charge in [-0.2, -0.15) is 0 Å². The first-order chi connectivity index (χ1) is 13.4. The van der Waals surface area contributed by atoms with Crippen LogP contribution in [0.3, 0.4) is 0 Å². The standard InChI is InChI=1S/C20H29N3O5/c1-4-11-27-19(25)12-17-20(26)21-9-10-23(17)13-18(24)22-15-5-7-16(8-6-15)28-14(2)3/h5-8,14,17H,4,9-13H2,1-3H3,(H,21,26)(H,22,24). The average molecular weight is 391 g/mol. The number of rotatable bonds is 9. The first kappa shape index (κ1) is 21.7. The van der Waals surface area contributed by atoms with Gasteiger partial charge < -0.3 is 20.1 Å². The molecule has 28 heavy (non-hydrogen) atoms. The molecule has 1 unspecified atom stereocenters. The number of anilines is 1. The van der Waals surface area contributed by atoms with Crippen molar-refractivity contribution in [1.29, 1.82) is 0 Å². The van der Waals surface area contributed by atoms with Gasteiger partial charge in [0.15, 0.2) is 0 Å². The fraction of sp³-hybridized carbons (Fsp3) is 0.550. The minimum Gasteiger partial charge on any atom is -0.491 e. The lowest BCUT2D eigenvalue weighted by Crippen LogP contribution is -2.57. The molecule has 0 aliphatic carbocycles. The number of nitrogens with zero attached hydrogens (tertiary/aromatic N) is 1. The molecule has 1 aromatic rings. The highest BCUT2D eigenvalue weighted by Crippen LogP contribution is 2.17. The number of nitrogens with one attached hydrogen (secondary N) is 2. The van der Waals surface area contributed by atoms with E-state index in [1.54, 1.807) is 29.2 Å². The zero-order valence-electron chi connectivity index (χ0n) is 16.7. The number of esters is 1. The average Bonchev–Trinajstić information content (AvgIpc) is 2.64. The Labute approximate surface area is 165 Å². The summed E-state index contributed by atoms with van der Waals surface area (Å²) < 4.78 is 10.6. The third kappa shape index (κ3) is 6.84. The van der Waals surface area contributed by atoms with Crippen molar-refractivity contribution in [1.82, 2.24) is 10.2 Å². The van der Waals surface area contributed by atoms with Crippen LogP contribution in [0, 0.1) is 0 Å². The van der Waals surface area contributed by atoms with Gasteiger partial charge in [-0.15, -0.1) is 0 Å². The molecule has 8 nitrogen and oxygen atoms in total. The molecule has 0 radical (unpaired) electrons. The molecule has 1 heterocycles. The summed E-state index contributed by atoms with van der Waals surface area (Å²) in [6, 6.07) is 6.40. The normalized spacial score (nSPS) is 17.1. The van der Waals surface area contributed by atoms with Crippen LogP contribution >= 0.6 is 0 Å². The van der Waals surface area contributed by atoms with Gasteiger partial charge in [-0.3, -0.25) is 19.3 Å². The van der Waals surface area contributed by atoms with E-state index in [0.717, 1.165) is 12.2 Å². The quantitative estimate of drug-likeness (QED) is 0.620. The van der Waals surface area contributed by atoms with Crippen molar-refractivity contribution in [3.63, 3.8) is 0 Å². The Bertz CT molecular complexity index is 675. The van der Waals surface area contributed by atoms with Crippen LogP contribution < -0.4 is 15.4 Å². The SMILES string of the molecule is CCCOC(=O)CC1C(=O)NCCN1CC(=O)Nc1ccc(OC(C)C)cc1. The second-order valence-electron chi connectivity index (χ2n) is 6.94. The molecule has 154 valence electrons. The minimum absolute atomic E-state index is 0.0173. The molecule has 1 aliphatic rings. The predicted octanol–water partition coefficient (Wildman–Crippen LogP) is 1.56. The Morgan fingerprint density at radius 2 is 2.00 bits per heavy atom. The fourth-order valence-electron chi connectivity index (χ4n) is 2.88. The van der Waals surface area contributed by atoms with Gasteiger partial charge in [-0.25, -0.2) is 0 Å². The Kier molecular flexibility index (Phi) is 8.25. The van der Waals surface area contributed by atoms with Crippen molar-refractivity contribution in [3.8, 4) is 5.75 Å². The van der Waals surface area contributed by atoms with E-state index >= 15 is 0 Å². The molecule has 2 rings (SSSR count). The van der Waals surface area contributed by atoms with E-state index in [-0.39, 0.29) is 30.9 Å². The summed E-state index contributed by atoms with van der Waals surface area (Å²) in [5.41, 5.74) is 0.640. The Morgan fingerprint density at radius 1 is 1.29 bits per heavy atom. The molecule has 1 saturated heterocycles. The Balaban J connectivity index is 1.92. The minimum atomic E-state index is -0.703. The van der Waals surface area contributed by atoms with Crippen molar-refractivity contribution in [3.05, 3.63) is 24.3 Å². The number of ether oxygens (including phenoxy) is 2. The highest BCUT2D eigenvalue weighted by atomic mass is 16.5. The van der Waals surface area contributed by atoms with Crippen molar-refractivity contribution in [2.75, 3.05) is 31.6 Å². The second kappa shape index (κ2) is 10.7. The number of benzene rings is 1. The molecular weight excluding hydrogens is 362 g/mol. The van der Waals surface area contributed by atoms with Crippen molar-refractivity contribution in [2.45, 2.75) is 45.8 Å². The topological polar surface area (TPSA) is 97.0 Å². The van der Waals surface area contributed by atoms with Crippen LogP contribution in [0.15, 0.2) is 24.3 Å². The molecule has 0 saturated carbocycles. The van der Waals surface area contributed by atoms with E-state index in [4.69, 9.17) is 9.47 Å². The molecule has 2 amide bonds. The summed E-state index contributed by atoms with van der Waals surface area (Å²) in [5, 5.41) is 5.54. The maximum atomic E-state index is 12.4. The van der Waals surface area contributed by atoms with Crippen molar-refractivity contribution in [2.24, 2.45) is 0 Å². The van der Waals surface area contributed by atoms with Gasteiger partial charge in [-0.1, -0.05) is 6.92 Å². The fourth-order valence-corrected chi connectivity index (χ4v) is 2.88. The monoisotopic (exact) mass is 391 g/mol. The van der Waals surface area contributed by atoms with Gasteiger partial charge in [0.25, 0.3) is 0 Å². The first-order valence-electron chi connectivity index (χ1n) is 9.63. The van der Waals surface area contributed by atoms with Gasteiger partial charge in [0.2, 0.25) is 11.8 Å². The van der Waals surface area contributed by atoms with Crippen LogP contribution in [0.2, 0.25) is 0 Å². The van der Waals surface area contributed by atoms with Gasteiger partial charge in [-0.05, 0) is 44.5 Å². The lowest BCUT2D eigenvalue weighted by Gasteiger charge is -2.33. The smallest absolute Gasteiger partial charge is 0.307 e. The number of amides is 2. The van der Waals surface area contributed by atoms with Gasteiger partial charge >= 0.3 is 5.97 Å². The highest BCUT2D eigenvalue weighted by molar-refractivity contribution is 5.93. The zero-order chi connectivity index (χ0) is 20.5. The second-order valence-corrected chi connectivity index (χ2v) is 6.94. The van der Waals surface area contributed by atoms with Crippen molar-refractivity contribution < 1.29 is 23.9 Å². The van der Waals surface area contributed by atoms with E-state index in [9.17, 15) is 14.4 Å². The first-order valence-corrected chi connectivity index (χ1v) is 9.63. The Hall–Kier alpha value is -2.61. The third-order valence-electron chi connectivity index (χ3n) is 4.13. The van der Waals surface area contributed by atoms with Crippen molar-refractivity contribution >= 4 is 23.5 Å². The number of piperazine rings is 1. The van der Waals surface area contributed by atoms with Crippen LogP contribution in [-0.4, -0.2) is 61.1 Å². The summed E-state index contributed by atoms with van der Waals surface area (Å²) in [5.74, 6) is -0.219. The molecule has 1 aliphatic heterocycles.